The zero-order valence-electron chi connectivity index (χ0n) is 8.34. The summed E-state index contributed by atoms with van der Waals surface area (Å²) in [4.78, 5) is 23.8. The molecule has 0 N–H and O–H groups in total. The molecule has 3 nitrogen and oxygen atoms in total. The van der Waals surface area contributed by atoms with Crippen LogP contribution in [0.5, 0.6) is 0 Å². The largest absolute Gasteiger partial charge is 0.330 e. The molecule has 1 aliphatic heterocycles. The maximum atomic E-state index is 12.5. The van der Waals surface area contributed by atoms with Gasteiger partial charge in [-0.05, 0) is 12.8 Å². The van der Waals surface area contributed by atoms with Crippen molar-refractivity contribution < 1.29 is 18.4 Å². The molecule has 0 unspecified atom stereocenters. The van der Waals surface area contributed by atoms with Crippen LogP contribution in [0.15, 0.2) is 0 Å². The lowest BCUT2D eigenvalue weighted by Gasteiger charge is -2.41. The maximum absolute atomic E-state index is 12.5. The molecule has 1 aliphatic carbocycles. The molecule has 1 amide bonds. The number of Topliss-reactive ketones (excluding diaryl/α,β-unsaturated/α-hetero) is 1. The van der Waals surface area contributed by atoms with Crippen molar-refractivity contribution in [2.24, 2.45) is 5.92 Å². The molecule has 2 rings (SSSR count). The van der Waals surface area contributed by atoms with Crippen molar-refractivity contribution in [1.29, 1.82) is 0 Å². The number of likely N-dealkylation sites (tertiary alicyclic amines) is 1. The lowest BCUT2D eigenvalue weighted by atomic mass is 9.86. The van der Waals surface area contributed by atoms with Gasteiger partial charge in [-0.25, -0.2) is 8.78 Å². The molecule has 1 saturated heterocycles. The minimum atomic E-state index is -2.69. The van der Waals surface area contributed by atoms with Gasteiger partial charge in [0.15, 0.2) is 0 Å². The van der Waals surface area contributed by atoms with Crippen molar-refractivity contribution in [1.82, 2.24) is 4.90 Å². The third-order valence-corrected chi connectivity index (χ3v) is 3.05. The standard InChI is InChI=1S/C10H13F2NO2/c11-10(12)5-13(6-10)9(15)7-1-3-8(14)4-2-7/h7H,1-6H2. The summed E-state index contributed by atoms with van der Waals surface area (Å²) in [6.45, 7) is -0.896. The first kappa shape index (κ1) is 10.5. The molecule has 2 aliphatic rings. The number of carbonyl (C=O) groups is 2. The fourth-order valence-electron chi connectivity index (χ4n) is 2.11. The molecule has 0 atom stereocenters. The Labute approximate surface area is 86.4 Å². The van der Waals surface area contributed by atoms with Gasteiger partial charge in [0.05, 0.1) is 13.1 Å². The highest BCUT2D eigenvalue weighted by atomic mass is 19.3. The molecule has 0 aromatic heterocycles. The van der Waals surface area contributed by atoms with Crippen LogP contribution in [-0.4, -0.2) is 35.6 Å². The van der Waals surface area contributed by atoms with Crippen LogP contribution in [-0.2, 0) is 9.59 Å². The Morgan fingerprint density at radius 3 is 2.27 bits per heavy atom. The molecule has 15 heavy (non-hydrogen) atoms. The lowest BCUT2D eigenvalue weighted by Crippen LogP contribution is -2.59. The molecule has 1 saturated carbocycles. The maximum Gasteiger partial charge on any atom is 0.282 e. The van der Waals surface area contributed by atoms with Gasteiger partial charge in [-0.1, -0.05) is 0 Å². The van der Waals surface area contributed by atoms with E-state index in [1.165, 1.54) is 4.90 Å². The Morgan fingerprint density at radius 2 is 1.80 bits per heavy atom. The minimum Gasteiger partial charge on any atom is -0.330 e. The molecule has 5 heteroatoms. The number of alkyl halides is 2. The van der Waals surface area contributed by atoms with Gasteiger partial charge in [0.25, 0.3) is 5.92 Å². The number of hydrogen-bond acceptors (Lipinski definition) is 2. The Hall–Kier alpha value is -1.00. The van der Waals surface area contributed by atoms with Crippen LogP contribution in [0.2, 0.25) is 0 Å². The lowest BCUT2D eigenvalue weighted by molar-refractivity contribution is -0.170. The minimum absolute atomic E-state index is 0.174. The average molecular weight is 217 g/mol. The molecule has 84 valence electrons. The van der Waals surface area contributed by atoms with E-state index in [1.807, 2.05) is 0 Å². The predicted octanol–water partition coefficient (Wildman–Crippen LogP) is 1.22. The van der Waals surface area contributed by atoms with Crippen LogP contribution in [0.3, 0.4) is 0 Å². The van der Waals surface area contributed by atoms with E-state index in [0.29, 0.717) is 25.7 Å². The second-order valence-corrected chi connectivity index (χ2v) is 4.36. The first-order chi connectivity index (χ1) is 6.98. The summed E-state index contributed by atoms with van der Waals surface area (Å²) in [5, 5.41) is 0. The second-order valence-electron chi connectivity index (χ2n) is 4.36. The summed E-state index contributed by atoms with van der Waals surface area (Å²) in [6.07, 6.45) is 1.89. The number of halogens is 2. The van der Waals surface area contributed by atoms with Gasteiger partial charge in [0.2, 0.25) is 5.91 Å². The number of ketones is 1. The Morgan fingerprint density at radius 1 is 1.27 bits per heavy atom. The van der Waals surface area contributed by atoms with Crippen molar-refractivity contribution >= 4 is 11.7 Å². The highest BCUT2D eigenvalue weighted by molar-refractivity contribution is 5.85. The molecule has 0 spiro atoms. The summed E-state index contributed by atoms with van der Waals surface area (Å²) >= 11 is 0. The van der Waals surface area contributed by atoms with Crippen molar-refractivity contribution in [3.8, 4) is 0 Å². The highest BCUT2D eigenvalue weighted by Crippen LogP contribution is 2.31. The topological polar surface area (TPSA) is 37.4 Å². The number of carbonyl (C=O) groups excluding carboxylic acids is 2. The summed E-state index contributed by atoms with van der Waals surface area (Å²) in [7, 11) is 0. The van der Waals surface area contributed by atoms with Crippen molar-refractivity contribution in [3.63, 3.8) is 0 Å². The molecule has 1 heterocycles. The third kappa shape index (κ3) is 2.16. The Bertz CT molecular complexity index is 286. The summed E-state index contributed by atoms with van der Waals surface area (Å²) in [5.74, 6) is -2.93. The van der Waals surface area contributed by atoms with Gasteiger partial charge in [0, 0.05) is 18.8 Å². The SMILES string of the molecule is O=C1CCC(C(=O)N2CC(F)(F)C2)CC1. The highest BCUT2D eigenvalue weighted by Gasteiger charge is 2.47. The van der Waals surface area contributed by atoms with Crippen LogP contribution in [0.1, 0.15) is 25.7 Å². The van der Waals surface area contributed by atoms with Gasteiger partial charge in [-0.15, -0.1) is 0 Å². The molecule has 0 aromatic carbocycles. The number of amides is 1. The summed E-state index contributed by atoms with van der Waals surface area (Å²) in [5.41, 5.74) is 0. The fraction of sp³-hybridized carbons (Fsp3) is 0.800. The normalized spacial score (nSPS) is 26.3. The van der Waals surface area contributed by atoms with Gasteiger partial charge >= 0.3 is 0 Å². The Kier molecular flexibility index (Phi) is 2.48. The zero-order valence-corrected chi connectivity index (χ0v) is 8.34. The third-order valence-electron chi connectivity index (χ3n) is 3.05. The van der Waals surface area contributed by atoms with E-state index in [4.69, 9.17) is 0 Å². The van der Waals surface area contributed by atoms with Gasteiger partial charge < -0.3 is 4.90 Å². The van der Waals surface area contributed by atoms with Crippen LogP contribution >= 0.6 is 0 Å². The van der Waals surface area contributed by atoms with Gasteiger partial charge in [0.1, 0.15) is 5.78 Å². The van der Waals surface area contributed by atoms with Gasteiger partial charge in [-0.2, -0.15) is 0 Å². The van der Waals surface area contributed by atoms with Crippen LogP contribution < -0.4 is 0 Å². The molecule has 0 radical (unpaired) electrons. The van der Waals surface area contributed by atoms with Gasteiger partial charge in [-0.3, -0.25) is 9.59 Å². The molecular formula is C10H13F2NO2. The first-order valence-electron chi connectivity index (χ1n) is 5.16. The summed E-state index contributed by atoms with van der Waals surface area (Å²) in [6, 6.07) is 0. The smallest absolute Gasteiger partial charge is 0.282 e. The van der Waals surface area contributed by atoms with E-state index < -0.39 is 19.0 Å². The fourth-order valence-corrected chi connectivity index (χ4v) is 2.11. The Balaban J connectivity index is 1.85. The second kappa shape index (κ2) is 3.54. The van der Waals surface area contributed by atoms with Crippen LogP contribution in [0, 0.1) is 5.92 Å². The number of hydrogen-bond donors (Lipinski definition) is 0. The number of nitrogens with zero attached hydrogens (tertiary/aromatic N) is 1. The monoisotopic (exact) mass is 217 g/mol. The van der Waals surface area contributed by atoms with Crippen molar-refractivity contribution in [3.05, 3.63) is 0 Å². The molecule has 0 aromatic rings. The van der Waals surface area contributed by atoms with E-state index >= 15 is 0 Å². The summed E-state index contributed by atoms with van der Waals surface area (Å²) < 4.78 is 25.1. The predicted molar refractivity (Wildman–Crippen MR) is 48.5 cm³/mol. The molecular weight excluding hydrogens is 204 g/mol. The van der Waals surface area contributed by atoms with E-state index in [0.717, 1.165) is 0 Å². The van der Waals surface area contributed by atoms with Crippen molar-refractivity contribution in [2.75, 3.05) is 13.1 Å². The number of rotatable bonds is 1. The van der Waals surface area contributed by atoms with Crippen LogP contribution in [0.25, 0.3) is 0 Å². The van der Waals surface area contributed by atoms with E-state index in [9.17, 15) is 18.4 Å². The van der Waals surface area contributed by atoms with Crippen molar-refractivity contribution in [2.45, 2.75) is 31.6 Å². The quantitative estimate of drug-likeness (QED) is 0.662. The van der Waals surface area contributed by atoms with E-state index in [2.05, 4.69) is 0 Å². The van der Waals surface area contributed by atoms with E-state index in [-0.39, 0.29) is 17.6 Å². The molecule has 2 fully saturated rings. The molecule has 0 bridgehead atoms. The van der Waals surface area contributed by atoms with E-state index in [1.54, 1.807) is 0 Å². The first-order valence-corrected chi connectivity index (χ1v) is 5.16. The average Bonchev–Trinajstić information content (AvgIpc) is 2.14. The zero-order chi connectivity index (χ0) is 11.1. The van der Waals surface area contributed by atoms with Crippen LogP contribution in [0.4, 0.5) is 8.78 Å².